The lowest BCUT2D eigenvalue weighted by Crippen LogP contribution is -2.45. The molecule has 218 valence electrons. The third-order valence-corrected chi connectivity index (χ3v) is 7.05. The second-order valence-corrected chi connectivity index (χ2v) is 10.0. The predicted molar refractivity (Wildman–Crippen MR) is 160 cm³/mol. The molecule has 1 aromatic heterocycles. The smallest absolute Gasteiger partial charge is 0.338 e. The number of carbonyl (C=O) groups excluding carboxylic acids is 2. The summed E-state index contributed by atoms with van der Waals surface area (Å²) in [5, 5.41) is 10.6. The van der Waals surface area contributed by atoms with Gasteiger partial charge in [-0.1, -0.05) is 18.2 Å². The Labute approximate surface area is 248 Å². The summed E-state index contributed by atoms with van der Waals surface area (Å²) in [4.78, 5) is 25.4. The highest BCUT2D eigenvalue weighted by Gasteiger charge is 2.32. The number of amides is 1. The molecule has 0 saturated carbocycles. The molecule has 12 heteroatoms. The van der Waals surface area contributed by atoms with E-state index in [9.17, 15) is 9.59 Å². The number of thiocarbonyl (C=S) groups is 1. The Kier molecular flexibility index (Phi) is 8.43. The van der Waals surface area contributed by atoms with Crippen LogP contribution in [0, 0.1) is 13.8 Å². The predicted octanol–water partition coefficient (Wildman–Crippen LogP) is 3.71. The van der Waals surface area contributed by atoms with Crippen molar-refractivity contribution < 1.29 is 28.5 Å². The van der Waals surface area contributed by atoms with Gasteiger partial charge in [-0.2, -0.15) is 5.10 Å². The van der Waals surface area contributed by atoms with E-state index in [0.717, 1.165) is 28.4 Å². The molecule has 0 spiro atoms. The molecule has 2 aliphatic rings. The monoisotopic (exact) mass is 589 g/mol. The topological polar surface area (TPSA) is 124 Å². The Hall–Kier alpha value is -4.84. The van der Waals surface area contributed by atoms with Crippen LogP contribution in [0.1, 0.15) is 42.4 Å². The van der Waals surface area contributed by atoms with Gasteiger partial charge in [0.1, 0.15) is 5.75 Å². The van der Waals surface area contributed by atoms with Gasteiger partial charge >= 0.3 is 5.97 Å². The fourth-order valence-corrected chi connectivity index (χ4v) is 5.22. The van der Waals surface area contributed by atoms with E-state index in [4.69, 9.17) is 31.2 Å². The van der Waals surface area contributed by atoms with Crippen LogP contribution in [-0.2, 0) is 14.3 Å². The normalized spacial score (nSPS) is 15.8. The number of nitrogens with one attached hydrogen (secondary N) is 3. The van der Waals surface area contributed by atoms with Crippen LogP contribution in [0.15, 0.2) is 64.9 Å². The van der Waals surface area contributed by atoms with Gasteiger partial charge in [0.05, 0.1) is 24.4 Å². The number of fused-ring (bicyclic) bond motifs is 1. The number of aryl methyl sites for hydroxylation is 1. The largest absolute Gasteiger partial charge is 0.483 e. The number of esters is 1. The summed E-state index contributed by atoms with van der Waals surface area (Å²) < 4.78 is 24.1. The lowest BCUT2D eigenvalue weighted by molar-refractivity contribution is -0.139. The SMILES string of the molecule is CCOC(=O)C1=C(C)NC(=S)N[C@H]1c1ccccc1OCC(=O)NN=Cc1cc(C)n(-c2ccc3c(c2)OCO3)c1C. The van der Waals surface area contributed by atoms with Crippen molar-refractivity contribution in [2.45, 2.75) is 33.7 Å². The van der Waals surface area contributed by atoms with Crippen LogP contribution in [0.2, 0.25) is 0 Å². The minimum absolute atomic E-state index is 0.212. The molecule has 5 rings (SSSR count). The molecule has 3 N–H and O–H groups in total. The quantitative estimate of drug-likeness (QED) is 0.148. The lowest BCUT2D eigenvalue weighted by atomic mass is 9.95. The molecule has 42 heavy (non-hydrogen) atoms. The van der Waals surface area contributed by atoms with Gasteiger partial charge in [-0.15, -0.1) is 0 Å². The average Bonchev–Trinajstić information content (AvgIpc) is 3.54. The number of nitrogens with zero attached hydrogens (tertiary/aromatic N) is 2. The Balaban J connectivity index is 1.25. The highest BCUT2D eigenvalue weighted by atomic mass is 32.1. The van der Waals surface area contributed by atoms with Crippen LogP contribution >= 0.6 is 12.2 Å². The third kappa shape index (κ3) is 5.93. The van der Waals surface area contributed by atoms with Crippen LogP contribution < -0.4 is 30.3 Å². The maximum atomic E-state index is 12.7. The Morgan fingerprint density at radius 2 is 1.93 bits per heavy atom. The highest BCUT2D eigenvalue weighted by Crippen LogP contribution is 2.35. The second kappa shape index (κ2) is 12.4. The maximum absolute atomic E-state index is 12.7. The van der Waals surface area contributed by atoms with E-state index in [-0.39, 0.29) is 20.0 Å². The number of rotatable bonds is 9. The molecule has 0 saturated heterocycles. The van der Waals surface area contributed by atoms with Gasteiger partial charge < -0.3 is 34.1 Å². The number of carbonyl (C=O) groups is 2. The van der Waals surface area contributed by atoms with E-state index in [1.165, 1.54) is 0 Å². The molecule has 0 unspecified atom stereocenters. The first kappa shape index (κ1) is 28.7. The minimum atomic E-state index is -0.616. The van der Waals surface area contributed by atoms with Crippen molar-refractivity contribution in [2.24, 2.45) is 5.10 Å². The van der Waals surface area contributed by atoms with Crippen LogP contribution in [0.4, 0.5) is 0 Å². The van der Waals surface area contributed by atoms with E-state index in [2.05, 4.69) is 25.7 Å². The van der Waals surface area contributed by atoms with E-state index in [0.29, 0.717) is 33.4 Å². The second-order valence-electron chi connectivity index (χ2n) is 9.61. The zero-order valence-electron chi connectivity index (χ0n) is 23.6. The van der Waals surface area contributed by atoms with Crippen LogP contribution in [-0.4, -0.2) is 47.8 Å². The molecular weight excluding hydrogens is 558 g/mol. The van der Waals surface area contributed by atoms with Gasteiger partial charge in [-0.3, -0.25) is 4.79 Å². The average molecular weight is 590 g/mol. The van der Waals surface area contributed by atoms with Gasteiger partial charge in [-0.25, -0.2) is 10.2 Å². The summed E-state index contributed by atoms with van der Waals surface area (Å²) in [6, 6.07) is 14.3. The van der Waals surface area contributed by atoms with Crippen molar-refractivity contribution in [3.63, 3.8) is 0 Å². The Morgan fingerprint density at radius 3 is 2.74 bits per heavy atom. The van der Waals surface area contributed by atoms with Crippen LogP contribution in [0.3, 0.4) is 0 Å². The van der Waals surface area contributed by atoms with E-state index in [1.54, 1.807) is 38.3 Å². The van der Waals surface area contributed by atoms with Crippen molar-refractivity contribution in [1.82, 2.24) is 20.6 Å². The Morgan fingerprint density at radius 1 is 1.14 bits per heavy atom. The number of para-hydroxylation sites is 1. The number of benzene rings is 2. The number of aromatic nitrogens is 1. The summed E-state index contributed by atoms with van der Waals surface area (Å²) in [7, 11) is 0. The molecule has 0 fully saturated rings. The molecule has 0 bridgehead atoms. The standard InChI is InChI=1S/C30H31N5O6S/c1-5-38-29(37)27-18(3)32-30(42)33-28(27)22-8-6-7-9-23(22)39-15-26(36)34-31-14-20-12-17(2)35(19(20)4)21-10-11-24-25(13-21)41-16-40-24/h6-14,28H,5,15-16H2,1-4H3,(H,34,36)(H2,32,33,42)/t28-/m0/s1. The lowest BCUT2D eigenvalue weighted by Gasteiger charge is -2.30. The number of hydrazone groups is 1. The van der Waals surface area contributed by atoms with Crippen molar-refractivity contribution in [3.05, 3.63) is 82.3 Å². The summed E-state index contributed by atoms with van der Waals surface area (Å²) in [5.41, 5.74) is 7.85. The van der Waals surface area contributed by atoms with Gasteiger partial charge in [0.2, 0.25) is 6.79 Å². The number of hydrogen-bond donors (Lipinski definition) is 3. The molecule has 1 atom stereocenters. The summed E-state index contributed by atoms with van der Waals surface area (Å²) in [6.07, 6.45) is 1.59. The molecule has 2 aromatic carbocycles. The van der Waals surface area contributed by atoms with Crippen molar-refractivity contribution in [2.75, 3.05) is 20.0 Å². The first-order chi connectivity index (χ1) is 20.3. The molecular formula is C30H31N5O6S. The van der Waals surface area contributed by atoms with Crippen LogP contribution in [0.5, 0.6) is 17.2 Å². The van der Waals surface area contributed by atoms with Gasteiger partial charge in [0, 0.05) is 40.0 Å². The summed E-state index contributed by atoms with van der Waals surface area (Å²) >= 11 is 5.33. The van der Waals surface area contributed by atoms with E-state index in [1.807, 2.05) is 44.2 Å². The number of ether oxygens (including phenoxy) is 4. The highest BCUT2D eigenvalue weighted by molar-refractivity contribution is 7.80. The summed E-state index contributed by atoms with van der Waals surface area (Å²) in [5.74, 6) is 0.919. The minimum Gasteiger partial charge on any atom is -0.483 e. The molecule has 3 heterocycles. The van der Waals surface area contributed by atoms with E-state index < -0.39 is 17.9 Å². The first-order valence-electron chi connectivity index (χ1n) is 13.3. The first-order valence-corrected chi connectivity index (χ1v) is 13.8. The van der Waals surface area contributed by atoms with Crippen LogP contribution in [0.25, 0.3) is 5.69 Å². The number of hydrogen-bond acceptors (Lipinski definition) is 8. The molecule has 2 aliphatic heterocycles. The van der Waals surface area contributed by atoms with Crippen molar-refractivity contribution in [3.8, 4) is 22.9 Å². The zero-order chi connectivity index (χ0) is 29.8. The van der Waals surface area contributed by atoms with Gasteiger partial charge in [0.25, 0.3) is 5.91 Å². The molecule has 0 aliphatic carbocycles. The van der Waals surface area contributed by atoms with Crippen molar-refractivity contribution in [1.29, 1.82) is 0 Å². The molecule has 1 amide bonds. The fourth-order valence-electron chi connectivity index (χ4n) is 4.95. The fraction of sp³-hybridized carbons (Fsp3) is 0.267. The maximum Gasteiger partial charge on any atom is 0.338 e. The molecule has 3 aromatic rings. The zero-order valence-corrected chi connectivity index (χ0v) is 24.5. The number of allylic oxidation sites excluding steroid dienone is 1. The summed E-state index contributed by atoms with van der Waals surface area (Å²) in [6.45, 7) is 7.62. The Bertz CT molecular complexity index is 1610. The van der Waals surface area contributed by atoms with E-state index >= 15 is 0 Å². The third-order valence-electron chi connectivity index (χ3n) is 6.83. The molecule has 11 nitrogen and oxygen atoms in total. The van der Waals surface area contributed by atoms with Gasteiger partial charge in [0.15, 0.2) is 23.2 Å². The van der Waals surface area contributed by atoms with Gasteiger partial charge in [-0.05, 0) is 64.2 Å². The van der Waals surface area contributed by atoms with Crippen molar-refractivity contribution >= 4 is 35.4 Å². The molecule has 0 radical (unpaired) electrons.